The van der Waals surface area contributed by atoms with Crippen LogP contribution in [0.1, 0.15) is 29.8 Å². The first-order valence-corrected chi connectivity index (χ1v) is 5.95. The van der Waals surface area contributed by atoms with E-state index in [1.807, 2.05) is 13.8 Å². The zero-order chi connectivity index (χ0) is 12.3. The molecule has 0 heterocycles. The van der Waals surface area contributed by atoms with Gasteiger partial charge in [0.25, 0.3) is 5.91 Å². The molecule has 0 aliphatic heterocycles. The minimum Gasteiger partial charge on any atom is -0.352 e. The highest BCUT2D eigenvalue weighted by molar-refractivity contribution is 9.10. The second-order valence-electron chi connectivity index (χ2n) is 4.14. The predicted molar refractivity (Wildman–Crippen MR) is 66.0 cm³/mol. The van der Waals surface area contributed by atoms with Crippen LogP contribution in [0.5, 0.6) is 0 Å². The summed E-state index contributed by atoms with van der Waals surface area (Å²) in [5.74, 6) is -0.471. The van der Waals surface area contributed by atoms with Crippen molar-refractivity contribution in [2.45, 2.75) is 20.8 Å². The molecule has 16 heavy (non-hydrogen) atoms. The third-order valence-electron chi connectivity index (χ3n) is 2.24. The zero-order valence-electron chi connectivity index (χ0n) is 9.60. The van der Waals surface area contributed by atoms with Crippen molar-refractivity contribution >= 4 is 21.8 Å². The monoisotopic (exact) mass is 287 g/mol. The molecule has 0 bridgehead atoms. The second-order valence-corrected chi connectivity index (χ2v) is 4.99. The molecule has 1 N–H and O–H groups in total. The quantitative estimate of drug-likeness (QED) is 0.908. The van der Waals surface area contributed by atoms with Crippen molar-refractivity contribution in [2.75, 3.05) is 6.54 Å². The molecule has 0 radical (unpaired) electrons. The summed E-state index contributed by atoms with van der Waals surface area (Å²) in [7, 11) is 0. The van der Waals surface area contributed by atoms with Crippen molar-refractivity contribution in [1.29, 1.82) is 0 Å². The van der Waals surface area contributed by atoms with Crippen LogP contribution in [0.15, 0.2) is 16.6 Å². The Morgan fingerprint density at radius 3 is 2.69 bits per heavy atom. The van der Waals surface area contributed by atoms with E-state index >= 15 is 0 Å². The molecule has 0 aliphatic rings. The molecule has 1 aromatic rings. The minimum atomic E-state index is -0.462. The Kier molecular flexibility index (Phi) is 4.47. The fourth-order valence-corrected chi connectivity index (χ4v) is 1.54. The largest absolute Gasteiger partial charge is 0.352 e. The standard InChI is InChI=1S/C12H15BrFNO/c1-7(2)6-15-12(16)9-4-5-10(13)8(3)11(9)14/h4-5,7H,6H2,1-3H3,(H,15,16). The van der Waals surface area contributed by atoms with E-state index in [9.17, 15) is 9.18 Å². The second kappa shape index (κ2) is 5.43. The third-order valence-corrected chi connectivity index (χ3v) is 3.09. The first-order valence-electron chi connectivity index (χ1n) is 5.16. The lowest BCUT2D eigenvalue weighted by Crippen LogP contribution is -2.28. The Bertz CT molecular complexity index is 404. The lowest BCUT2D eigenvalue weighted by Gasteiger charge is -2.10. The summed E-state index contributed by atoms with van der Waals surface area (Å²) in [5, 5.41) is 2.69. The van der Waals surface area contributed by atoms with Crippen LogP contribution >= 0.6 is 15.9 Å². The van der Waals surface area contributed by atoms with Gasteiger partial charge in [-0.15, -0.1) is 0 Å². The van der Waals surface area contributed by atoms with Gasteiger partial charge in [0.05, 0.1) is 5.56 Å². The van der Waals surface area contributed by atoms with Crippen LogP contribution in [0, 0.1) is 18.7 Å². The number of hydrogen-bond acceptors (Lipinski definition) is 1. The Balaban J connectivity index is 2.88. The van der Waals surface area contributed by atoms with Crippen molar-refractivity contribution in [3.05, 3.63) is 33.5 Å². The molecule has 0 spiro atoms. The molecule has 0 saturated heterocycles. The van der Waals surface area contributed by atoms with Crippen molar-refractivity contribution in [2.24, 2.45) is 5.92 Å². The normalized spacial score (nSPS) is 10.6. The zero-order valence-corrected chi connectivity index (χ0v) is 11.2. The Hall–Kier alpha value is -0.900. The summed E-state index contributed by atoms with van der Waals surface area (Å²) >= 11 is 3.22. The number of carbonyl (C=O) groups excluding carboxylic acids is 1. The molecule has 1 rings (SSSR count). The van der Waals surface area contributed by atoms with Gasteiger partial charge in [-0.3, -0.25) is 4.79 Å². The number of nitrogens with one attached hydrogen (secondary N) is 1. The van der Waals surface area contributed by atoms with Gasteiger partial charge in [-0.25, -0.2) is 4.39 Å². The highest BCUT2D eigenvalue weighted by Crippen LogP contribution is 2.21. The molecule has 1 aromatic carbocycles. The highest BCUT2D eigenvalue weighted by atomic mass is 79.9. The van der Waals surface area contributed by atoms with E-state index in [4.69, 9.17) is 0 Å². The molecule has 0 unspecified atom stereocenters. The summed E-state index contributed by atoms with van der Waals surface area (Å²) < 4.78 is 14.4. The molecule has 2 nitrogen and oxygen atoms in total. The first kappa shape index (κ1) is 13.2. The maximum atomic E-state index is 13.7. The summed E-state index contributed by atoms with van der Waals surface area (Å²) in [6, 6.07) is 3.17. The van der Waals surface area contributed by atoms with Gasteiger partial charge in [0.15, 0.2) is 0 Å². The number of halogens is 2. The summed E-state index contributed by atoms with van der Waals surface area (Å²) in [6.07, 6.45) is 0. The van der Waals surface area contributed by atoms with E-state index in [0.29, 0.717) is 22.5 Å². The van der Waals surface area contributed by atoms with Crippen molar-refractivity contribution < 1.29 is 9.18 Å². The summed E-state index contributed by atoms with van der Waals surface area (Å²) in [5.41, 5.74) is 0.554. The molecule has 4 heteroatoms. The maximum Gasteiger partial charge on any atom is 0.254 e. The number of hydrogen-bond donors (Lipinski definition) is 1. The van der Waals surface area contributed by atoms with E-state index in [-0.39, 0.29) is 11.5 Å². The average Bonchev–Trinajstić information content (AvgIpc) is 2.23. The van der Waals surface area contributed by atoms with Gasteiger partial charge in [0, 0.05) is 11.0 Å². The molecule has 0 saturated carbocycles. The van der Waals surface area contributed by atoms with E-state index in [0.717, 1.165) is 0 Å². The number of rotatable bonds is 3. The fourth-order valence-electron chi connectivity index (χ4n) is 1.23. The molecule has 0 aliphatic carbocycles. The molecule has 0 atom stereocenters. The van der Waals surface area contributed by atoms with Gasteiger partial charge in [0.1, 0.15) is 5.82 Å². The minimum absolute atomic E-state index is 0.0985. The molecule has 0 aromatic heterocycles. The summed E-state index contributed by atoms with van der Waals surface area (Å²) in [4.78, 5) is 11.7. The predicted octanol–water partition coefficient (Wildman–Crippen LogP) is 3.28. The number of amides is 1. The number of carbonyl (C=O) groups is 1. The van der Waals surface area contributed by atoms with Gasteiger partial charge in [-0.05, 0) is 30.5 Å². The number of benzene rings is 1. The van der Waals surface area contributed by atoms with Gasteiger partial charge in [-0.2, -0.15) is 0 Å². The smallest absolute Gasteiger partial charge is 0.254 e. The highest BCUT2D eigenvalue weighted by Gasteiger charge is 2.14. The van der Waals surface area contributed by atoms with Crippen LogP contribution in [0.25, 0.3) is 0 Å². The van der Waals surface area contributed by atoms with Crippen LogP contribution in [-0.4, -0.2) is 12.5 Å². The lowest BCUT2D eigenvalue weighted by atomic mass is 10.1. The van der Waals surface area contributed by atoms with Crippen LogP contribution in [0.3, 0.4) is 0 Å². The van der Waals surface area contributed by atoms with Gasteiger partial charge < -0.3 is 5.32 Å². The molecular formula is C12H15BrFNO. The van der Waals surface area contributed by atoms with Gasteiger partial charge in [0.2, 0.25) is 0 Å². The van der Waals surface area contributed by atoms with E-state index in [2.05, 4.69) is 21.2 Å². The fraction of sp³-hybridized carbons (Fsp3) is 0.417. The van der Waals surface area contributed by atoms with Crippen LogP contribution in [0.2, 0.25) is 0 Å². The SMILES string of the molecule is Cc1c(Br)ccc(C(=O)NCC(C)C)c1F. The van der Waals surface area contributed by atoms with Crippen LogP contribution in [0.4, 0.5) is 4.39 Å². The maximum absolute atomic E-state index is 13.7. The van der Waals surface area contributed by atoms with Crippen LogP contribution < -0.4 is 5.32 Å². The van der Waals surface area contributed by atoms with Crippen molar-refractivity contribution in [1.82, 2.24) is 5.32 Å². The van der Waals surface area contributed by atoms with E-state index < -0.39 is 5.82 Å². The van der Waals surface area contributed by atoms with E-state index in [1.54, 1.807) is 13.0 Å². The molecule has 1 amide bonds. The topological polar surface area (TPSA) is 29.1 Å². The Morgan fingerprint density at radius 2 is 2.12 bits per heavy atom. The van der Waals surface area contributed by atoms with E-state index in [1.165, 1.54) is 6.07 Å². The van der Waals surface area contributed by atoms with Gasteiger partial charge in [-0.1, -0.05) is 29.8 Å². The van der Waals surface area contributed by atoms with Gasteiger partial charge >= 0.3 is 0 Å². The Morgan fingerprint density at radius 1 is 1.50 bits per heavy atom. The molecular weight excluding hydrogens is 273 g/mol. The Labute approximate surface area is 103 Å². The third kappa shape index (κ3) is 3.04. The van der Waals surface area contributed by atoms with Crippen LogP contribution in [-0.2, 0) is 0 Å². The average molecular weight is 288 g/mol. The lowest BCUT2D eigenvalue weighted by molar-refractivity contribution is 0.0945. The van der Waals surface area contributed by atoms with Crippen molar-refractivity contribution in [3.63, 3.8) is 0 Å². The first-order chi connectivity index (χ1) is 7.43. The van der Waals surface area contributed by atoms with Crippen molar-refractivity contribution in [3.8, 4) is 0 Å². The molecule has 88 valence electrons. The molecule has 0 fully saturated rings. The summed E-state index contributed by atoms with van der Waals surface area (Å²) in [6.45, 7) is 6.17.